The van der Waals surface area contributed by atoms with Crippen molar-refractivity contribution in [2.24, 2.45) is 11.5 Å². The van der Waals surface area contributed by atoms with Gasteiger partial charge in [-0.15, -0.1) is 0 Å². The van der Waals surface area contributed by atoms with E-state index in [1.165, 1.54) is 0 Å². The van der Waals surface area contributed by atoms with Gasteiger partial charge in [-0.3, -0.25) is 9.97 Å². The molecule has 0 saturated heterocycles. The highest BCUT2D eigenvalue weighted by Gasteiger charge is 1.98. The SMILES string of the molecule is Cc1cccnc1C(N)=S.NC(=S)c1ccccn1. The van der Waals surface area contributed by atoms with Gasteiger partial charge in [-0.1, -0.05) is 36.6 Å². The van der Waals surface area contributed by atoms with Gasteiger partial charge in [0.05, 0.1) is 11.4 Å². The van der Waals surface area contributed by atoms with Gasteiger partial charge in [0.25, 0.3) is 0 Å². The van der Waals surface area contributed by atoms with Gasteiger partial charge in [-0.05, 0) is 30.7 Å². The Morgan fingerprint density at radius 2 is 1.63 bits per heavy atom. The summed E-state index contributed by atoms with van der Waals surface area (Å²) < 4.78 is 0. The second kappa shape index (κ2) is 7.50. The third kappa shape index (κ3) is 5.07. The molecule has 6 heteroatoms. The van der Waals surface area contributed by atoms with Crippen molar-refractivity contribution in [2.75, 3.05) is 0 Å². The molecular weight excluding hydrogens is 276 g/mol. The van der Waals surface area contributed by atoms with Crippen molar-refractivity contribution in [3.05, 3.63) is 59.7 Å². The summed E-state index contributed by atoms with van der Waals surface area (Å²) in [5.41, 5.74) is 13.1. The van der Waals surface area contributed by atoms with Gasteiger partial charge in [0, 0.05) is 12.4 Å². The third-order valence-electron chi connectivity index (χ3n) is 2.16. The van der Waals surface area contributed by atoms with E-state index in [4.69, 9.17) is 23.7 Å². The molecule has 0 radical (unpaired) electrons. The van der Waals surface area contributed by atoms with Gasteiger partial charge < -0.3 is 11.5 Å². The second-order valence-corrected chi connectivity index (χ2v) is 4.49. The summed E-state index contributed by atoms with van der Waals surface area (Å²) in [5, 5.41) is 0. The minimum absolute atomic E-state index is 0.343. The van der Waals surface area contributed by atoms with Crippen LogP contribution >= 0.6 is 24.4 Å². The van der Waals surface area contributed by atoms with Gasteiger partial charge in [0.2, 0.25) is 0 Å². The molecule has 4 N–H and O–H groups in total. The molecule has 0 saturated carbocycles. The van der Waals surface area contributed by atoms with Crippen LogP contribution in [0.5, 0.6) is 0 Å². The van der Waals surface area contributed by atoms with Crippen molar-refractivity contribution < 1.29 is 0 Å². The molecule has 0 atom stereocenters. The maximum atomic E-state index is 5.38. The van der Waals surface area contributed by atoms with E-state index in [1.807, 2.05) is 31.2 Å². The molecule has 2 aromatic heterocycles. The van der Waals surface area contributed by atoms with Crippen LogP contribution in [0, 0.1) is 6.92 Å². The molecule has 0 spiro atoms. The Bertz CT molecular complexity index is 570. The lowest BCUT2D eigenvalue weighted by Gasteiger charge is -1.98. The van der Waals surface area contributed by atoms with Gasteiger partial charge in [0.1, 0.15) is 9.98 Å². The predicted octanol–water partition coefficient (Wildman–Crippen LogP) is 1.74. The van der Waals surface area contributed by atoms with E-state index in [0.717, 1.165) is 11.3 Å². The second-order valence-electron chi connectivity index (χ2n) is 3.61. The molecule has 98 valence electrons. The number of aryl methyl sites for hydroxylation is 1. The number of rotatable bonds is 2. The maximum absolute atomic E-state index is 5.38. The van der Waals surface area contributed by atoms with Crippen LogP contribution in [0.3, 0.4) is 0 Å². The summed E-state index contributed by atoms with van der Waals surface area (Å²) in [5.74, 6) is 0. The molecule has 0 unspecified atom stereocenters. The molecule has 0 amide bonds. The third-order valence-corrected chi connectivity index (χ3v) is 2.56. The van der Waals surface area contributed by atoms with Crippen molar-refractivity contribution in [3.63, 3.8) is 0 Å². The first-order chi connectivity index (χ1) is 9.02. The quantitative estimate of drug-likeness (QED) is 0.820. The zero-order valence-electron chi connectivity index (χ0n) is 10.4. The van der Waals surface area contributed by atoms with Gasteiger partial charge in [0.15, 0.2) is 0 Å². The summed E-state index contributed by atoms with van der Waals surface area (Å²) in [6.45, 7) is 1.93. The molecule has 2 aromatic rings. The first kappa shape index (κ1) is 15.1. The Labute approximate surface area is 122 Å². The van der Waals surface area contributed by atoms with Crippen molar-refractivity contribution >= 4 is 34.4 Å². The molecular formula is C13H14N4S2. The predicted molar refractivity (Wildman–Crippen MR) is 85.0 cm³/mol. The van der Waals surface area contributed by atoms with E-state index in [9.17, 15) is 0 Å². The Morgan fingerprint density at radius 1 is 0.947 bits per heavy atom. The van der Waals surface area contributed by atoms with Gasteiger partial charge in [-0.2, -0.15) is 0 Å². The van der Waals surface area contributed by atoms with E-state index in [0.29, 0.717) is 15.7 Å². The zero-order valence-corrected chi connectivity index (χ0v) is 12.0. The Balaban J connectivity index is 0.000000191. The number of pyridine rings is 2. The molecule has 0 aliphatic carbocycles. The first-order valence-corrected chi connectivity index (χ1v) is 6.26. The number of nitrogens with zero attached hydrogens (tertiary/aromatic N) is 2. The van der Waals surface area contributed by atoms with Crippen molar-refractivity contribution in [1.82, 2.24) is 9.97 Å². The molecule has 0 aliphatic heterocycles. The molecule has 0 aromatic carbocycles. The summed E-state index contributed by atoms with van der Waals surface area (Å²) in [4.78, 5) is 8.63. The van der Waals surface area contributed by atoms with Crippen molar-refractivity contribution in [3.8, 4) is 0 Å². The Kier molecular flexibility index (Phi) is 5.98. The minimum atomic E-state index is 0.343. The largest absolute Gasteiger partial charge is 0.388 e. The van der Waals surface area contributed by atoms with Crippen LogP contribution < -0.4 is 11.5 Å². The van der Waals surface area contributed by atoms with Crippen LogP contribution in [-0.2, 0) is 0 Å². The van der Waals surface area contributed by atoms with E-state index in [1.54, 1.807) is 18.5 Å². The summed E-state index contributed by atoms with van der Waals surface area (Å²) in [6.07, 6.45) is 3.34. The highest BCUT2D eigenvalue weighted by Crippen LogP contribution is 2.01. The zero-order chi connectivity index (χ0) is 14.3. The fourth-order valence-corrected chi connectivity index (χ4v) is 1.59. The molecule has 0 aliphatic rings. The lowest BCUT2D eigenvalue weighted by atomic mass is 10.2. The summed E-state index contributed by atoms with van der Waals surface area (Å²) >= 11 is 9.44. The fraction of sp³-hybridized carbons (Fsp3) is 0.0769. The highest BCUT2D eigenvalue weighted by molar-refractivity contribution is 7.80. The average Bonchev–Trinajstić information content (AvgIpc) is 2.40. The number of hydrogen-bond donors (Lipinski definition) is 2. The Hall–Kier alpha value is -1.92. The first-order valence-electron chi connectivity index (χ1n) is 5.44. The van der Waals surface area contributed by atoms with Gasteiger partial charge >= 0.3 is 0 Å². The van der Waals surface area contributed by atoms with E-state index < -0.39 is 0 Å². The van der Waals surface area contributed by atoms with Crippen molar-refractivity contribution in [2.45, 2.75) is 6.92 Å². The van der Waals surface area contributed by atoms with Crippen LogP contribution in [0.25, 0.3) is 0 Å². The smallest absolute Gasteiger partial charge is 0.122 e. The molecule has 19 heavy (non-hydrogen) atoms. The van der Waals surface area contributed by atoms with E-state index in [-0.39, 0.29) is 0 Å². The summed E-state index contributed by atoms with van der Waals surface area (Å²) in [6, 6.07) is 9.24. The molecule has 0 bridgehead atoms. The van der Waals surface area contributed by atoms with Crippen LogP contribution in [0.15, 0.2) is 42.7 Å². The minimum Gasteiger partial charge on any atom is -0.388 e. The van der Waals surface area contributed by atoms with E-state index >= 15 is 0 Å². The topological polar surface area (TPSA) is 77.8 Å². The van der Waals surface area contributed by atoms with Gasteiger partial charge in [-0.25, -0.2) is 0 Å². The molecule has 0 fully saturated rings. The lowest BCUT2D eigenvalue weighted by Crippen LogP contribution is -2.12. The Morgan fingerprint density at radius 3 is 2.00 bits per heavy atom. The fourth-order valence-electron chi connectivity index (χ4n) is 1.25. The number of thiocarbonyl (C=S) groups is 2. The van der Waals surface area contributed by atoms with E-state index in [2.05, 4.69) is 22.2 Å². The van der Waals surface area contributed by atoms with Crippen LogP contribution in [0.1, 0.15) is 17.0 Å². The van der Waals surface area contributed by atoms with Crippen LogP contribution in [0.2, 0.25) is 0 Å². The average molecular weight is 290 g/mol. The lowest BCUT2D eigenvalue weighted by molar-refractivity contribution is 1.23. The maximum Gasteiger partial charge on any atom is 0.122 e. The monoisotopic (exact) mass is 290 g/mol. The normalized spacial score (nSPS) is 9.11. The standard InChI is InChI=1S/C7H8N2S.C6H6N2S/c1-5-3-2-4-9-6(5)7(8)10;7-6(9)5-3-1-2-4-8-5/h2-4H,1H3,(H2,8,10);1-4H,(H2,7,9). The van der Waals surface area contributed by atoms with Crippen LogP contribution in [-0.4, -0.2) is 19.9 Å². The number of nitrogens with two attached hydrogens (primary N) is 2. The molecule has 4 nitrogen and oxygen atoms in total. The molecule has 2 rings (SSSR count). The number of hydrogen-bond acceptors (Lipinski definition) is 4. The number of aromatic nitrogens is 2. The highest BCUT2D eigenvalue weighted by atomic mass is 32.1. The molecule has 2 heterocycles. The summed E-state index contributed by atoms with van der Waals surface area (Å²) in [7, 11) is 0. The van der Waals surface area contributed by atoms with Crippen LogP contribution in [0.4, 0.5) is 0 Å². The van der Waals surface area contributed by atoms with Crippen molar-refractivity contribution in [1.29, 1.82) is 0 Å².